The smallest absolute Gasteiger partial charge is 0.223 e. The Labute approximate surface area is 160 Å². The van der Waals surface area contributed by atoms with Gasteiger partial charge in [0, 0.05) is 43.2 Å². The second-order valence-electron chi connectivity index (χ2n) is 7.62. The number of nitrogens with one attached hydrogen (secondary N) is 1. The predicted octanol–water partition coefficient (Wildman–Crippen LogP) is 2.33. The lowest BCUT2D eigenvalue weighted by molar-refractivity contribution is -0.128. The first kappa shape index (κ1) is 18.1. The van der Waals surface area contributed by atoms with Gasteiger partial charge in [-0.1, -0.05) is 42.8 Å². The summed E-state index contributed by atoms with van der Waals surface area (Å²) in [4.78, 5) is 19.1. The van der Waals surface area contributed by atoms with Crippen molar-refractivity contribution in [3.8, 4) is 0 Å². The molecule has 1 aliphatic carbocycles. The van der Waals surface area contributed by atoms with E-state index in [-0.39, 0.29) is 36.4 Å². The molecule has 2 aliphatic rings. The first-order chi connectivity index (χ1) is 13.3. The van der Waals surface area contributed by atoms with Gasteiger partial charge < -0.3 is 10.4 Å². The quantitative estimate of drug-likeness (QED) is 0.790. The van der Waals surface area contributed by atoms with Crippen LogP contribution in [0.2, 0.25) is 0 Å². The Morgan fingerprint density at radius 2 is 1.89 bits per heavy atom. The van der Waals surface area contributed by atoms with E-state index in [1.165, 1.54) is 5.56 Å². The summed E-state index contributed by atoms with van der Waals surface area (Å²) in [7, 11) is 0. The molecule has 3 atom stereocenters. The summed E-state index contributed by atoms with van der Waals surface area (Å²) in [6, 6.07) is 16.4. The van der Waals surface area contributed by atoms with Crippen molar-refractivity contribution in [1.82, 2.24) is 15.2 Å². The fourth-order valence-corrected chi connectivity index (χ4v) is 4.33. The number of benzene rings is 1. The maximum Gasteiger partial charge on any atom is 0.223 e. The van der Waals surface area contributed by atoms with Gasteiger partial charge in [-0.25, -0.2) is 0 Å². The molecule has 4 rings (SSSR count). The highest BCUT2D eigenvalue weighted by Crippen LogP contribution is 2.41. The number of pyridine rings is 1. The van der Waals surface area contributed by atoms with Gasteiger partial charge in [0.15, 0.2) is 0 Å². The van der Waals surface area contributed by atoms with E-state index in [4.69, 9.17) is 0 Å². The molecular formula is C22H27N3O2. The van der Waals surface area contributed by atoms with Gasteiger partial charge in [0.05, 0.1) is 12.3 Å². The first-order valence-electron chi connectivity index (χ1n) is 9.87. The van der Waals surface area contributed by atoms with Gasteiger partial charge in [-0.3, -0.25) is 14.7 Å². The summed E-state index contributed by atoms with van der Waals surface area (Å²) in [5.74, 6) is 0.582. The molecule has 1 saturated carbocycles. The summed E-state index contributed by atoms with van der Waals surface area (Å²) in [6.45, 7) is 1.39. The van der Waals surface area contributed by atoms with E-state index in [1.54, 1.807) is 6.20 Å². The third kappa shape index (κ3) is 3.75. The number of rotatable bonds is 7. The second kappa shape index (κ2) is 8.19. The number of hydrogen-bond acceptors (Lipinski definition) is 4. The molecule has 0 radical (unpaired) electrons. The van der Waals surface area contributed by atoms with Crippen LogP contribution in [0, 0.1) is 5.92 Å². The minimum absolute atomic E-state index is 0.0417. The van der Waals surface area contributed by atoms with E-state index >= 15 is 0 Å². The molecule has 2 heterocycles. The van der Waals surface area contributed by atoms with Crippen LogP contribution in [0.15, 0.2) is 54.7 Å². The molecule has 1 aromatic carbocycles. The van der Waals surface area contributed by atoms with Crippen molar-refractivity contribution >= 4 is 5.91 Å². The number of aromatic nitrogens is 1. The van der Waals surface area contributed by atoms with E-state index in [0.29, 0.717) is 13.1 Å². The van der Waals surface area contributed by atoms with Crippen molar-refractivity contribution in [3.05, 3.63) is 66.0 Å². The molecule has 0 unspecified atom stereocenters. The largest absolute Gasteiger partial charge is 0.395 e. The molecule has 1 aromatic heterocycles. The van der Waals surface area contributed by atoms with Gasteiger partial charge in [-0.2, -0.15) is 0 Å². The standard InChI is InChI=1S/C22H27N3O2/c26-15-20-21(16-7-2-1-3-8-16)19(13-24-22(27)17-9-6-10-17)25(20)14-18-11-4-5-12-23-18/h1-5,7-8,11-12,17,19-21,26H,6,9-10,13-15H2,(H,24,27)/t19-,20-,21-/m0/s1. The van der Waals surface area contributed by atoms with Crippen molar-refractivity contribution in [2.75, 3.05) is 13.2 Å². The Morgan fingerprint density at radius 1 is 1.11 bits per heavy atom. The lowest BCUT2D eigenvalue weighted by Crippen LogP contribution is -2.66. The van der Waals surface area contributed by atoms with Crippen LogP contribution in [0.3, 0.4) is 0 Å². The minimum Gasteiger partial charge on any atom is -0.395 e. The molecule has 1 aliphatic heterocycles. The van der Waals surface area contributed by atoms with Gasteiger partial charge >= 0.3 is 0 Å². The van der Waals surface area contributed by atoms with Gasteiger partial charge in [0.2, 0.25) is 5.91 Å². The van der Waals surface area contributed by atoms with Crippen LogP contribution in [0.5, 0.6) is 0 Å². The highest BCUT2D eigenvalue weighted by molar-refractivity contribution is 5.79. The maximum absolute atomic E-state index is 12.3. The fraction of sp³-hybridized carbons (Fsp3) is 0.455. The lowest BCUT2D eigenvalue weighted by atomic mass is 9.74. The average molecular weight is 365 g/mol. The molecule has 27 heavy (non-hydrogen) atoms. The summed E-state index contributed by atoms with van der Waals surface area (Å²) in [5.41, 5.74) is 2.20. The predicted molar refractivity (Wildman–Crippen MR) is 104 cm³/mol. The van der Waals surface area contributed by atoms with Gasteiger partial charge in [-0.05, 0) is 30.5 Å². The van der Waals surface area contributed by atoms with E-state index < -0.39 is 0 Å². The zero-order valence-corrected chi connectivity index (χ0v) is 15.5. The van der Waals surface area contributed by atoms with Crippen molar-refractivity contribution in [3.63, 3.8) is 0 Å². The SMILES string of the molecule is O=C(NC[C@H]1[C@H](c2ccccc2)[C@H](CO)N1Cc1ccccn1)C1CCC1. The van der Waals surface area contributed by atoms with Crippen LogP contribution < -0.4 is 5.32 Å². The van der Waals surface area contributed by atoms with Crippen molar-refractivity contribution < 1.29 is 9.90 Å². The van der Waals surface area contributed by atoms with Crippen molar-refractivity contribution in [2.24, 2.45) is 5.92 Å². The molecule has 5 heteroatoms. The number of aliphatic hydroxyl groups is 1. The van der Waals surface area contributed by atoms with Gasteiger partial charge in [-0.15, -0.1) is 0 Å². The highest BCUT2D eigenvalue weighted by Gasteiger charge is 2.48. The number of aliphatic hydroxyl groups excluding tert-OH is 1. The molecule has 0 spiro atoms. The summed E-state index contributed by atoms with van der Waals surface area (Å²) in [5, 5.41) is 13.2. The van der Waals surface area contributed by atoms with Crippen molar-refractivity contribution in [1.29, 1.82) is 0 Å². The molecule has 1 saturated heterocycles. The lowest BCUT2D eigenvalue weighted by Gasteiger charge is -2.55. The van der Waals surface area contributed by atoms with Gasteiger partial charge in [0.25, 0.3) is 0 Å². The Kier molecular flexibility index (Phi) is 5.50. The van der Waals surface area contributed by atoms with Crippen LogP contribution >= 0.6 is 0 Å². The third-order valence-corrected chi connectivity index (χ3v) is 6.08. The molecule has 1 amide bonds. The molecule has 2 aromatic rings. The molecule has 2 fully saturated rings. The van der Waals surface area contributed by atoms with E-state index in [9.17, 15) is 9.90 Å². The Bertz CT molecular complexity index is 749. The topological polar surface area (TPSA) is 65.5 Å². The minimum atomic E-state index is 0.0417. The van der Waals surface area contributed by atoms with E-state index in [2.05, 4.69) is 27.3 Å². The van der Waals surface area contributed by atoms with Crippen LogP contribution in [0.25, 0.3) is 0 Å². The molecule has 2 N–H and O–H groups in total. The number of amides is 1. The first-order valence-corrected chi connectivity index (χ1v) is 9.87. The zero-order chi connectivity index (χ0) is 18.6. The van der Waals surface area contributed by atoms with Crippen LogP contribution in [0.1, 0.15) is 36.4 Å². The molecule has 142 valence electrons. The highest BCUT2D eigenvalue weighted by atomic mass is 16.3. The van der Waals surface area contributed by atoms with Crippen molar-refractivity contribution in [2.45, 2.75) is 43.8 Å². The summed E-state index contributed by atoms with van der Waals surface area (Å²) >= 11 is 0. The molecule has 0 bridgehead atoms. The maximum atomic E-state index is 12.3. The number of hydrogen-bond donors (Lipinski definition) is 2. The zero-order valence-electron chi connectivity index (χ0n) is 15.5. The van der Waals surface area contributed by atoms with Crippen LogP contribution in [-0.2, 0) is 11.3 Å². The Hall–Kier alpha value is -2.24. The number of nitrogens with zero attached hydrogens (tertiary/aromatic N) is 2. The third-order valence-electron chi connectivity index (χ3n) is 6.08. The monoisotopic (exact) mass is 365 g/mol. The number of carbonyl (C=O) groups excluding carboxylic acids is 1. The number of carbonyl (C=O) groups is 1. The summed E-state index contributed by atoms with van der Waals surface area (Å²) < 4.78 is 0. The molecule has 5 nitrogen and oxygen atoms in total. The van der Waals surface area contributed by atoms with E-state index in [0.717, 1.165) is 25.0 Å². The second-order valence-corrected chi connectivity index (χ2v) is 7.62. The molecular weight excluding hydrogens is 338 g/mol. The number of likely N-dealkylation sites (tertiary alicyclic amines) is 1. The average Bonchev–Trinajstić information content (AvgIpc) is 2.65. The normalized spacial score (nSPS) is 25.4. The van der Waals surface area contributed by atoms with E-state index in [1.807, 2.05) is 36.4 Å². The summed E-state index contributed by atoms with van der Waals surface area (Å²) in [6.07, 6.45) is 4.97. The Balaban J connectivity index is 1.51. The van der Waals surface area contributed by atoms with Crippen LogP contribution in [0.4, 0.5) is 0 Å². The Morgan fingerprint density at radius 3 is 2.52 bits per heavy atom. The van der Waals surface area contributed by atoms with Crippen LogP contribution in [-0.4, -0.2) is 46.1 Å². The fourth-order valence-electron chi connectivity index (χ4n) is 4.33. The van der Waals surface area contributed by atoms with Gasteiger partial charge in [0.1, 0.15) is 0 Å².